The molecule has 0 spiro atoms. The highest BCUT2D eigenvalue weighted by molar-refractivity contribution is 14.0. The van der Waals surface area contributed by atoms with Crippen molar-refractivity contribution in [1.82, 2.24) is 25.4 Å². The predicted octanol–water partition coefficient (Wildman–Crippen LogP) is 2.61. The molecule has 0 saturated heterocycles. The first-order valence-corrected chi connectivity index (χ1v) is 8.87. The van der Waals surface area contributed by atoms with Crippen molar-refractivity contribution >= 4 is 29.9 Å². The van der Waals surface area contributed by atoms with Gasteiger partial charge in [0.05, 0.1) is 13.2 Å². The van der Waals surface area contributed by atoms with Crippen molar-refractivity contribution in [2.24, 2.45) is 4.99 Å². The number of halogens is 1. The predicted molar refractivity (Wildman–Crippen MR) is 115 cm³/mol. The first kappa shape index (κ1) is 22.2. The maximum atomic E-state index is 5.53. The van der Waals surface area contributed by atoms with Crippen molar-refractivity contribution in [2.45, 2.75) is 40.3 Å². The van der Waals surface area contributed by atoms with E-state index in [2.05, 4.69) is 50.3 Å². The van der Waals surface area contributed by atoms with E-state index in [1.807, 2.05) is 25.1 Å². The van der Waals surface area contributed by atoms with Crippen LogP contribution in [-0.2, 0) is 19.5 Å². The van der Waals surface area contributed by atoms with E-state index >= 15 is 0 Å². The summed E-state index contributed by atoms with van der Waals surface area (Å²) in [6.07, 6.45) is 2.65. The van der Waals surface area contributed by atoms with Gasteiger partial charge in [0.25, 0.3) is 0 Å². The van der Waals surface area contributed by atoms with E-state index in [-0.39, 0.29) is 24.0 Å². The van der Waals surface area contributed by atoms with Crippen molar-refractivity contribution < 1.29 is 4.74 Å². The molecule has 1 heterocycles. The van der Waals surface area contributed by atoms with E-state index in [0.717, 1.165) is 49.2 Å². The van der Waals surface area contributed by atoms with E-state index in [1.54, 1.807) is 6.33 Å². The van der Waals surface area contributed by atoms with Crippen LogP contribution in [0.3, 0.4) is 0 Å². The average molecular weight is 472 g/mol. The lowest BCUT2D eigenvalue weighted by Gasteiger charge is -2.12. The van der Waals surface area contributed by atoms with Crippen LogP contribution in [0.1, 0.15) is 32.2 Å². The van der Waals surface area contributed by atoms with E-state index in [0.29, 0.717) is 13.2 Å². The monoisotopic (exact) mass is 472 g/mol. The number of rotatable bonds is 9. The Hall–Kier alpha value is -1.84. The molecule has 0 unspecified atom stereocenters. The third-order valence-electron chi connectivity index (χ3n) is 3.63. The first-order valence-electron chi connectivity index (χ1n) is 8.87. The lowest BCUT2D eigenvalue weighted by molar-refractivity contribution is 0.340. The molecular weight excluding hydrogens is 443 g/mol. The molecule has 2 rings (SSSR count). The van der Waals surface area contributed by atoms with Crippen molar-refractivity contribution in [3.63, 3.8) is 0 Å². The molecule has 1 aromatic heterocycles. The summed E-state index contributed by atoms with van der Waals surface area (Å²) in [5, 5.41) is 14.7. The number of nitrogens with one attached hydrogen (secondary N) is 2. The van der Waals surface area contributed by atoms with Crippen molar-refractivity contribution in [1.29, 1.82) is 0 Å². The minimum Gasteiger partial charge on any atom is -0.494 e. The second-order valence-corrected chi connectivity index (χ2v) is 5.50. The lowest BCUT2D eigenvalue weighted by Crippen LogP contribution is -2.38. The molecule has 0 aliphatic carbocycles. The molecule has 26 heavy (non-hydrogen) atoms. The van der Waals surface area contributed by atoms with Gasteiger partial charge in [-0.2, -0.15) is 0 Å². The van der Waals surface area contributed by atoms with Gasteiger partial charge in [-0.1, -0.05) is 19.1 Å². The summed E-state index contributed by atoms with van der Waals surface area (Å²) in [4.78, 5) is 4.64. The Morgan fingerprint density at radius 3 is 2.81 bits per heavy atom. The zero-order chi connectivity index (χ0) is 17.9. The fourth-order valence-electron chi connectivity index (χ4n) is 2.45. The fourth-order valence-corrected chi connectivity index (χ4v) is 2.45. The molecule has 0 saturated carbocycles. The molecule has 0 atom stereocenters. The zero-order valence-corrected chi connectivity index (χ0v) is 18.1. The Morgan fingerprint density at radius 1 is 1.23 bits per heavy atom. The van der Waals surface area contributed by atoms with E-state index in [1.165, 1.54) is 0 Å². The Kier molecular flexibility index (Phi) is 10.7. The van der Waals surface area contributed by atoms with E-state index < -0.39 is 0 Å². The highest BCUT2D eigenvalue weighted by Crippen LogP contribution is 2.13. The van der Waals surface area contributed by atoms with Gasteiger partial charge in [-0.25, -0.2) is 4.99 Å². The molecule has 2 aromatic rings. The first-order chi connectivity index (χ1) is 12.3. The Balaban J connectivity index is 0.00000338. The number of aliphatic imine (C=N–C) groups is 1. The summed E-state index contributed by atoms with van der Waals surface area (Å²) in [5.41, 5.74) is 1.12. The van der Waals surface area contributed by atoms with Crippen molar-refractivity contribution in [3.8, 4) is 5.75 Å². The third kappa shape index (κ3) is 7.19. The van der Waals surface area contributed by atoms with Crippen LogP contribution in [0.25, 0.3) is 0 Å². The number of nitrogens with zero attached hydrogens (tertiary/aromatic N) is 4. The van der Waals surface area contributed by atoms with Crippen LogP contribution in [0, 0.1) is 0 Å². The van der Waals surface area contributed by atoms with Gasteiger partial charge >= 0.3 is 0 Å². The van der Waals surface area contributed by atoms with Crippen LogP contribution in [0.4, 0.5) is 0 Å². The summed E-state index contributed by atoms with van der Waals surface area (Å²) in [6.45, 7) is 9.77. The molecule has 0 aliphatic rings. The molecular formula is C18H29IN6O. The molecule has 0 aliphatic heterocycles. The molecule has 0 radical (unpaired) electrons. The Bertz CT molecular complexity index is 673. The quantitative estimate of drug-likeness (QED) is 0.334. The summed E-state index contributed by atoms with van der Waals surface area (Å²) in [6, 6.07) is 8.04. The minimum atomic E-state index is 0. The van der Waals surface area contributed by atoms with Gasteiger partial charge in [0, 0.05) is 26.1 Å². The van der Waals surface area contributed by atoms with Gasteiger partial charge in [-0.15, -0.1) is 34.2 Å². The van der Waals surface area contributed by atoms with E-state index in [9.17, 15) is 0 Å². The smallest absolute Gasteiger partial charge is 0.191 e. The van der Waals surface area contributed by atoms with Gasteiger partial charge in [-0.05, 0) is 31.5 Å². The van der Waals surface area contributed by atoms with Crippen LogP contribution in [-0.4, -0.2) is 40.4 Å². The van der Waals surface area contributed by atoms with Crippen LogP contribution in [0.5, 0.6) is 5.75 Å². The Morgan fingerprint density at radius 2 is 2.08 bits per heavy atom. The molecule has 7 nitrogen and oxygen atoms in total. The molecule has 2 N–H and O–H groups in total. The number of hydrogen-bond acceptors (Lipinski definition) is 4. The molecule has 0 bridgehead atoms. The maximum Gasteiger partial charge on any atom is 0.191 e. The summed E-state index contributed by atoms with van der Waals surface area (Å²) >= 11 is 0. The number of ether oxygens (including phenoxy) is 1. The van der Waals surface area contributed by atoms with Crippen molar-refractivity contribution in [2.75, 3.05) is 19.7 Å². The number of guanidine groups is 1. The van der Waals surface area contributed by atoms with Crippen LogP contribution in [0.15, 0.2) is 35.6 Å². The van der Waals surface area contributed by atoms with Gasteiger partial charge in [0.15, 0.2) is 5.96 Å². The van der Waals surface area contributed by atoms with Crippen molar-refractivity contribution in [3.05, 3.63) is 42.0 Å². The maximum absolute atomic E-state index is 5.53. The molecule has 0 fully saturated rings. The third-order valence-corrected chi connectivity index (χ3v) is 3.63. The zero-order valence-electron chi connectivity index (χ0n) is 15.7. The highest BCUT2D eigenvalue weighted by atomic mass is 127. The average Bonchev–Trinajstić information content (AvgIpc) is 3.08. The second-order valence-electron chi connectivity index (χ2n) is 5.50. The minimum absolute atomic E-state index is 0. The summed E-state index contributed by atoms with van der Waals surface area (Å²) < 4.78 is 7.59. The number of aryl methyl sites for hydroxylation is 1. The fraction of sp³-hybridized carbons (Fsp3) is 0.500. The van der Waals surface area contributed by atoms with Gasteiger partial charge in [-0.3, -0.25) is 0 Å². The standard InChI is InChI=1S/C18H28N6O.HI/c1-4-17-23-22-14-24(17)11-10-20-18(19-5-2)21-13-15-8-7-9-16(12-15)25-6-3;/h7-9,12,14H,4-6,10-11,13H2,1-3H3,(H2,19,20,21);1H. The highest BCUT2D eigenvalue weighted by Gasteiger charge is 2.02. The lowest BCUT2D eigenvalue weighted by atomic mass is 10.2. The van der Waals surface area contributed by atoms with E-state index in [4.69, 9.17) is 4.74 Å². The Labute approximate surface area is 172 Å². The van der Waals surface area contributed by atoms with Gasteiger partial charge in [0.1, 0.15) is 17.9 Å². The topological polar surface area (TPSA) is 76.4 Å². The molecule has 144 valence electrons. The second kappa shape index (κ2) is 12.5. The van der Waals surface area contributed by atoms with Crippen LogP contribution < -0.4 is 15.4 Å². The molecule has 0 amide bonds. The summed E-state index contributed by atoms with van der Waals surface area (Å²) in [5.74, 6) is 2.68. The number of benzene rings is 1. The number of hydrogen-bond donors (Lipinski definition) is 2. The number of aromatic nitrogens is 3. The molecule has 1 aromatic carbocycles. The van der Waals surface area contributed by atoms with Gasteiger partial charge < -0.3 is 19.9 Å². The summed E-state index contributed by atoms with van der Waals surface area (Å²) in [7, 11) is 0. The van der Waals surface area contributed by atoms with Crippen LogP contribution >= 0.6 is 24.0 Å². The largest absolute Gasteiger partial charge is 0.494 e. The SMILES string of the molecule is CCNC(=NCc1cccc(OCC)c1)NCCn1cnnc1CC.I. The van der Waals surface area contributed by atoms with Crippen LogP contribution in [0.2, 0.25) is 0 Å². The molecule has 8 heteroatoms. The normalized spacial score (nSPS) is 11.0. The van der Waals surface area contributed by atoms with Gasteiger partial charge in [0.2, 0.25) is 0 Å².